The highest BCUT2D eigenvalue weighted by atomic mass is 79.9. The zero-order valence-corrected chi connectivity index (χ0v) is 19.2. The number of hydrogen-bond acceptors (Lipinski definition) is 4. The van der Waals surface area contributed by atoms with Crippen molar-refractivity contribution in [2.45, 2.75) is 32.9 Å². The molecule has 2 aromatic heterocycles. The Balaban J connectivity index is 1.66. The summed E-state index contributed by atoms with van der Waals surface area (Å²) < 4.78 is 4.18. The lowest BCUT2D eigenvalue weighted by atomic mass is 10.0. The predicted octanol–water partition coefficient (Wildman–Crippen LogP) is 4.64. The van der Waals surface area contributed by atoms with Gasteiger partial charge >= 0.3 is 5.97 Å². The molecule has 8 nitrogen and oxygen atoms in total. The number of aromatic nitrogens is 4. The highest BCUT2D eigenvalue weighted by molar-refractivity contribution is 9.10. The second kappa shape index (κ2) is 8.96. The first-order chi connectivity index (χ1) is 15.4. The van der Waals surface area contributed by atoms with Gasteiger partial charge in [0.15, 0.2) is 0 Å². The van der Waals surface area contributed by atoms with Crippen molar-refractivity contribution in [3.8, 4) is 0 Å². The third-order valence-corrected chi connectivity index (χ3v) is 6.24. The van der Waals surface area contributed by atoms with E-state index < -0.39 is 12.0 Å². The van der Waals surface area contributed by atoms with Gasteiger partial charge in [0.2, 0.25) is 0 Å². The molecular weight excluding hydrogens is 474 g/mol. The Hall–Kier alpha value is -3.46. The molecule has 0 saturated carbocycles. The number of benzene rings is 2. The molecule has 0 saturated heterocycles. The molecule has 0 bridgehead atoms. The van der Waals surface area contributed by atoms with Gasteiger partial charge in [-0.2, -0.15) is 5.10 Å². The van der Waals surface area contributed by atoms with E-state index >= 15 is 0 Å². The van der Waals surface area contributed by atoms with E-state index in [4.69, 9.17) is 0 Å². The van der Waals surface area contributed by atoms with Crippen LogP contribution in [0.4, 0.5) is 5.69 Å². The predicted molar refractivity (Wildman–Crippen MR) is 125 cm³/mol. The van der Waals surface area contributed by atoms with Gasteiger partial charge in [0.05, 0.1) is 40.0 Å². The van der Waals surface area contributed by atoms with E-state index in [0.29, 0.717) is 27.9 Å². The molecule has 32 heavy (non-hydrogen) atoms. The molecule has 2 heterocycles. The van der Waals surface area contributed by atoms with Gasteiger partial charge in [-0.3, -0.25) is 14.3 Å². The van der Waals surface area contributed by atoms with E-state index in [9.17, 15) is 14.7 Å². The fourth-order valence-corrected chi connectivity index (χ4v) is 4.23. The average molecular weight is 496 g/mol. The summed E-state index contributed by atoms with van der Waals surface area (Å²) in [6.07, 6.45) is 1.57. The normalized spacial score (nSPS) is 12.1. The van der Waals surface area contributed by atoms with E-state index in [1.54, 1.807) is 23.1 Å². The van der Waals surface area contributed by atoms with Gasteiger partial charge in [-0.25, -0.2) is 4.98 Å². The number of hydrogen-bond donors (Lipinski definition) is 2. The molecule has 164 valence electrons. The smallest absolute Gasteiger partial charge is 0.305 e. The Morgan fingerprint density at radius 3 is 2.62 bits per heavy atom. The van der Waals surface area contributed by atoms with Crippen LogP contribution in [-0.4, -0.2) is 36.3 Å². The highest BCUT2D eigenvalue weighted by Crippen LogP contribution is 2.28. The van der Waals surface area contributed by atoms with E-state index in [0.717, 1.165) is 16.8 Å². The van der Waals surface area contributed by atoms with Crippen LogP contribution in [0, 0.1) is 6.92 Å². The molecule has 1 amide bonds. The number of anilines is 1. The molecular formula is C23H22BrN5O3. The summed E-state index contributed by atoms with van der Waals surface area (Å²) in [5.41, 5.74) is 4.13. The van der Waals surface area contributed by atoms with Crippen LogP contribution >= 0.6 is 15.9 Å². The first-order valence-corrected chi connectivity index (χ1v) is 11.0. The third kappa shape index (κ3) is 4.16. The van der Waals surface area contributed by atoms with E-state index in [1.807, 2.05) is 54.8 Å². The second-order valence-corrected chi connectivity index (χ2v) is 8.19. The number of carbonyl (C=O) groups is 2. The van der Waals surface area contributed by atoms with Crippen molar-refractivity contribution in [1.82, 2.24) is 19.3 Å². The minimum absolute atomic E-state index is 0.0671. The number of nitrogens with one attached hydrogen (secondary N) is 1. The van der Waals surface area contributed by atoms with E-state index in [2.05, 4.69) is 31.3 Å². The van der Waals surface area contributed by atoms with Crippen LogP contribution in [0.15, 0.2) is 59.3 Å². The van der Waals surface area contributed by atoms with Crippen molar-refractivity contribution < 1.29 is 14.7 Å². The van der Waals surface area contributed by atoms with Gasteiger partial charge in [-0.15, -0.1) is 0 Å². The number of nitrogens with zero attached hydrogens (tertiary/aromatic N) is 4. The lowest BCUT2D eigenvalue weighted by Crippen LogP contribution is -2.18. The number of rotatable bonds is 7. The maximum Gasteiger partial charge on any atom is 0.305 e. The van der Waals surface area contributed by atoms with Gasteiger partial charge in [0, 0.05) is 12.2 Å². The largest absolute Gasteiger partial charge is 0.481 e. The first-order valence-electron chi connectivity index (χ1n) is 10.2. The van der Waals surface area contributed by atoms with Crippen LogP contribution in [0.1, 0.15) is 41.1 Å². The number of carboxylic acids is 1. The fourth-order valence-electron chi connectivity index (χ4n) is 3.77. The van der Waals surface area contributed by atoms with E-state index in [-0.39, 0.29) is 12.3 Å². The van der Waals surface area contributed by atoms with Crippen LogP contribution < -0.4 is 5.32 Å². The van der Waals surface area contributed by atoms with Crippen molar-refractivity contribution in [3.05, 3.63) is 76.3 Å². The SMILES string of the molecule is CCn1nc(C)c(Br)c1C(=O)Nc1ccc2c(c1)ncn2C(CC(=O)O)c1ccccc1. The number of aryl methyl sites for hydroxylation is 2. The summed E-state index contributed by atoms with van der Waals surface area (Å²) in [6.45, 7) is 4.34. The van der Waals surface area contributed by atoms with Gasteiger partial charge in [-0.05, 0) is 53.5 Å². The van der Waals surface area contributed by atoms with Gasteiger partial charge in [0.1, 0.15) is 5.69 Å². The molecule has 0 spiro atoms. The molecule has 4 aromatic rings. The molecule has 0 aliphatic carbocycles. The summed E-state index contributed by atoms with van der Waals surface area (Å²) in [6, 6.07) is 14.5. The number of fused-ring (bicyclic) bond motifs is 1. The zero-order valence-electron chi connectivity index (χ0n) is 17.6. The monoisotopic (exact) mass is 495 g/mol. The fraction of sp³-hybridized carbons (Fsp3) is 0.217. The Morgan fingerprint density at radius 2 is 1.94 bits per heavy atom. The average Bonchev–Trinajstić information content (AvgIpc) is 3.32. The van der Waals surface area contributed by atoms with Crippen molar-refractivity contribution >= 4 is 44.5 Å². The molecule has 4 rings (SSSR count). The minimum Gasteiger partial charge on any atom is -0.481 e. The van der Waals surface area contributed by atoms with Crippen LogP contribution in [0.3, 0.4) is 0 Å². The Bertz CT molecular complexity index is 1300. The van der Waals surface area contributed by atoms with Crippen molar-refractivity contribution in [2.75, 3.05) is 5.32 Å². The van der Waals surface area contributed by atoms with Crippen molar-refractivity contribution in [2.24, 2.45) is 0 Å². The maximum atomic E-state index is 12.9. The van der Waals surface area contributed by atoms with Gasteiger partial charge < -0.3 is 15.0 Å². The first kappa shape index (κ1) is 21.8. The molecule has 9 heteroatoms. The molecule has 1 atom stereocenters. The molecule has 0 aliphatic heterocycles. The molecule has 0 aliphatic rings. The van der Waals surface area contributed by atoms with Crippen molar-refractivity contribution in [1.29, 1.82) is 0 Å². The Kier molecular flexibility index (Phi) is 6.09. The number of amides is 1. The van der Waals surface area contributed by atoms with E-state index in [1.165, 1.54) is 0 Å². The number of imidazole rings is 1. The lowest BCUT2D eigenvalue weighted by Gasteiger charge is -2.18. The zero-order chi connectivity index (χ0) is 22.8. The molecule has 2 aromatic carbocycles. The third-order valence-electron chi connectivity index (χ3n) is 5.29. The van der Waals surface area contributed by atoms with Crippen LogP contribution in [0.5, 0.6) is 0 Å². The van der Waals surface area contributed by atoms with Crippen LogP contribution in [0.2, 0.25) is 0 Å². The Labute approximate surface area is 193 Å². The topological polar surface area (TPSA) is 102 Å². The second-order valence-electron chi connectivity index (χ2n) is 7.40. The lowest BCUT2D eigenvalue weighted by molar-refractivity contribution is -0.137. The highest BCUT2D eigenvalue weighted by Gasteiger charge is 2.22. The van der Waals surface area contributed by atoms with Crippen LogP contribution in [0.25, 0.3) is 11.0 Å². The maximum absolute atomic E-state index is 12.9. The molecule has 0 radical (unpaired) electrons. The number of carboxylic acid groups (broad SMARTS) is 1. The van der Waals surface area contributed by atoms with Crippen LogP contribution in [-0.2, 0) is 11.3 Å². The Morgan fingerprint density at radius 1 is 1.19 bits per heavy atom. The van der Waals surface area contributed by atoms with Gasteiger partial charge in [-0.1, -0.05) is 30.3 Å². The summed E-state index contributed by atoms with van der Waals surface area (Å²) in [5, 5.41) is 16.7. The summed E-state index contributed by atoms with van der Waals surface area (Å²) in [4.78, 5) is 28.9. The van der Waals surface area contributed by atoms with Crippen molar-refractivity contribution in [3.63, 3.8) is 0 Å². The summed E-state index contributed by atoms with van der Waals surface area (Å²) in [5.74, 6) is -1.16. The summed E-state index contributed by atoms with van der Waals surface area (Å²) >= 11 is 3.45. The standard InChI is InChI=1S/C23H22BrN5O3/c1-3-29-22(21(24)14(2)27-29)23(32)26-16-9-10-18-17(11-16)25-13-28(18)19(12-20(30)31)15-7-5-4-6-8-15/h4-11,13,19H,3,12H2,1-2H3,(H,26,32)(H,30,31). The molecule has 0 fully saturated rings. The quantitative estimate of drug-likeness (QED) is 0.388. The molecule has 1 unspecified atom stereocenters. The summed E-state index contributed by atoms with van der Waals surface area (Å²) in [7, 11) is 0. The minimum atomic E-state index is -0.891. The number of halogens is 1. The molecule has 2 N–H and O–H groups in total. The number of aliphatic carboxylic acids is 1. The van der Waals surface area contributed by atoms with Gasteiger partial charge in [0.25, 0.3) is 5.91 Å². The number of carbonyl (C=O) groups excluding carboxylic acids is 1.